The maximum absolute atomic E-state index is 13.0. The van der Waals surface area contributed by atoms with E-state index < -0.39 is 11.6 Å². The van der Waals surface area contributed by atoms with Gasteiger partial charge in [0.2, 0.25) is 0 Å². The molecule has 0 radical (unpaired) electrons. The molecule has 0 spiro atoms. The average molecular weight is 253 g/mol. The quantitative estimate of drug-likeness (QED) is 0.824. The molecular formula is C14H17F2NO. The Hall–Kier alpha value is -1.29. The number of halogens is 2. The predicted molar refractivity (Wildman–Crippen MR) is 65.3 cm³/mol. The van der Waals surface area contributed by atoms with Crippen molar-refractivity contribution in [3.63, 3.8) is 0 Å². The van der Waals surface area contributed by atoms with Crippen molar-refractivity contribution in [3.05, 3.63) is 35.4 Å². The van der Waals surface area contributed by atoms with E-state index in [2.05, 4.69) is 4.90 Å². The molecule has 1 aliphatic rings. The lowest BCUT2D eigenvalue weighted by Crippen LogP contribution is -2.40. The summed E-state index contributed by atoms with van der Waals surface area (Å²) in [6, 6.07) is 3.61. The lowest BCUT2D eigenvalue weighted by atomic mass is 9.98. The second-order valence-electron chi connectivity index (χ2n) is 4.95. The van der Waals surface area contributed by atoms with Gasteiger partial charge in [0.25, 0.3) is 0 Å². The number of rotatable bonds is 3. The van der Waals surface area contributed by atoms with E-state index in [1.807, 2.05) is 6.92 Å². The Bertz CT molecular complexity index is 427. The number of carbonyl (C=O) groups excluding carboxylic acids is 1. The third-order valence-corrected chi connectivity index (χ3v) is 3.40. The number of hydrogen-bond donors (Lipinski definition) is 0. The van der Waals surface area contributed by atoms with E-state index in [1.165, 1.54) is 12.1 Å². The summed E-state index contributed by atoms with van der Waals surface area (Å²) in [6.07, 6.45) is 1.19. The smallest absolute Gasteiger partial charge is 0.138 e. The first-order valence-corrected chi connectivity index (χ1v) is 6.24. The van der Waals surface area contributed by atoms with Crippen LogP contribution < -0.4 is 0 Å². The molecule has 98 valence electrons. The highest BCUT2D eigenvalue weighted by Crippen LogP contribution is 2.14. The summed E-state index contributed by atoms with van der Waals surface area (Å²) < 4.78 is 26.0. The highest BCUT2D eigenvalue weighted by Gasteiger charge is 2.22. The molecule has 0 amide bonds. The van der Waals surface area contributed by atoms with Gasteiger partial charge in [0, 0.05) is 38.0 Å². The highest BCUT2D eigenvalue weighted by molar-refractivity contribution is 5.81. The summed E-state index contributed by atoms with van der Waals surface area (Å²) in [5, 5.41) is 0. The van der Waals surface area contributed by atoms with E-state index in [1.54, 1.807) is 0 Å². The first-order chi connectivity index (χ1) is 8.54. The van der Waals surface area contributed by atoms with Crippen molar-refractivity contribution in [1.29, 1.82) is 0 Å². The SMILES string of the molecule is CC1CN(CCc2cc(F)cc(F)c2)CCC1=O. The van der Waals surface area contributed by atoms with E-state index >= 15 is 0 Å². The van der Waals surface area contributed by atoms with Crippen LogP contribution in [0.2, 0.25) is 0 Å². The largest absolute Gasteiger partial charge is 0.302 e. The minimum absolute atomic E-state index is 0.0722. The normalized spacial score (nSPS) is 21.3. The number of benzene rings is 1. The molecule has 1 atom stereocenters. The Morgan fingerprint density at radius 2 is 1.94 bits per heavy atom. The van der Waals surface area contributed by atoms with Gasteiger partial charge in [0.1, 0.15) is 17.4 Å². The zero-order valence-corrected chi connectivity index (χ0v) is 10.5. The number of piperidine rings is 1. The van der Waals surface area contributed by atoms with Gasteiger partial charge in [-0.25, -0.2) is 8.78 Å². The molecule has 0 bridgehead atoms. The lowest BCUT2D eigenvalue weighted by molar-refractivity contribution is -0.125. The van der Waals surface area contributed by atoms with Crippen LogP contribution in [0.5, 0.6) is 0 Å². The fourth-order valence-corrected chi connectivity index (χ4v) is 2.34. The van der Waals surface area contributed by atoms with Crippen molar-refractivity contribution >= 4 is 5.78 Å². The average Bonchev–Trinajstić information content (AvgIpc) is 2.29. The van der Waals surface area contributed by atoms with E-state index in [0.717, 1.165) is 25.7 Å². The van der Waals surface area contributed by atoms with Gasteiger partial charge in [-0.05, 0) is 24.1 Å². The maximum Gasteiger partial charge on any atom is 0.138 e. The van der Waals surface area contributed by atoms with E-state index in [4.69, 9.17) is 0 Å². The molecule has 1 fully saturated rings. The molecule has 2 nitrogen and oxygen atoms in total. The number of likely N-dealkylation sites (tertiary alicyclic amines) is 1. The fourth-order valence-electron chi connectivity index (χ4n) is 2.34. The van der Waals surface area contributed by atoms with Gasteiger partial charge in [0.05, 0.1) is 0 Å². The van der Waals surface area contributed by atoms with Crippen molar-refractivity contribution < 1.29 is 13.6 Å². The number of ketones is 1. The Kier molecular flexibility index (Phi) is 4.07. The van der Waals surface area contributed by atoms with Crippen molar-refractivity contribution in [2.45, 2.75) is 19.8 Å². The summed E-state index contributed by atoms with van der Waals surface area (Å²) >= 11 is 0. The summed E-state index contributed by atoms with van der Waals surface area (Å²) in [6.45, 7) is 4.16. The second-order valence-corrected chi connectivity index (χ2v) is 4.95. The highest BCUT2D eigenvalue weighted by atomic mass is 19.1. The zero-order chi connectivity index (χ0) is 13.1. The molecule has 1 aromatic carbocycles. The summed E-state index contributed by atoms with van der Waals surface area (Å²) in [5.74, 6) is -0.689. The third-order valence-electron chi connectivity index (χ3n) is 3.40. The van der Waals surface area contributed by atoms with Gasteiger partial charge in [0.15, 0.2) is 0 Å². The zero-order valence-electron chi connectivity index (χ0n) is 10.5. The molecule has 18 heavy (non-hydrogen) atoms. The number of hydrogen-bond acceptors (Lipinski definition) is 2. The molecule has 1 heterocycles. The Labute approximate surface area is 106 Å². The molecule has 0 saturated carbocycles. The van der Waals surface area contributed by atoms with Gasteiger partial charge >= 0.3 is 0 Å². The minimum Gasteiger partial charge on any atom is -0.302 e. The monoisotopic (exact) mass is 253 g/mol. The predicted octanol–water partition coefficient (Wildman–Crippen LogP) is 2.42. The first-order valence-electron chi connectivity index (χ1n) is 6.24. The number of carbonyl (C=O) groups is 1. The van der Waals surface area contributed by atoms with Crippen LogP contribution in [0.3, 0.4) is 0 Å². The molecule has 1 saturated heterocycles. The van der Waals surface area contributed by atoms with E-state index in [9.17, 15) is 13.6 Å². The van der Waals surface area contributed by atoms with Gasteiger partial charge in [-0.15, -0.1) is 0 Å². The number of Topliss-reactive ketones (excluding diaryl/α,β-unsaturated/α-hetero) is 1. The van der Waals surface area contributed by atoms with Crippen molar-refractivity contribution in [2.75, 3.05) is 19.6 Å². The third kappa shape index (κ3) is 3.35. The Morgan fingerprint density at radius 1 is 1.28 bits per heavy atom. The molecule has 0 aromatic heterocycles. The molecular weight excluding hydrogens is 236 g/mol. The van der Waals surface area contributed by atoms with Crippen LogP contribution in [0.15, 0.2) is 18.2 Å². The Balaban J connectivity index is 1.89. The van der Waals surface area contributed by atoms with Gasteiger partial charge in [-0.1, -0.05) is 6.92 Å². The van der Waals surface area contributed by atoms with Crippen LogP contribution in [0.4, 0.5) is 8.78 Å². The minimum atomic E-state index is -0.535. The summed E-state index contributed by atoms with van der Waals surface area (Å²) in [7, 11) is 0. The van der Waals surface area contributed by atoms with Crippen LogP contribution in [0, 0.1) is 17.6 Å². The molecule has 2 rings (SSSR count). The van der Waals surface area contributed by atoms with Gasteiger partial charge in [-0.2, -0.15) is 0 Å². The van der Waals surface area contributed by atoms with Crippen LogP contribution >= 0.6 is 0 Å². The molecule has 1 unspecified atom stereocenters. The first kappa shape index (κ1) is 13.1. The van der Waals surface area contributed by atoms with Crippen molar-refractivity contribution in [3.8, 4) is 0 Å². The maximum atomic E-state index is 13.0. The molecule has 0 aliphatic carbocycles. The summed E-state index contributed by atoms with van der Waals surface area (Å²) in [4.78, 5) is 13.6. The lowest BCUT2D eigenvalue weighted by Gasteiger charge is -2.29. The van der Waals surface area contributed by atoms with Gasteiger partial charge in [-0.3, -0.25) is 4.79 Å². The van der Waals surface area contributed by atoms with Crippen LogP contribution in [0.1, 0.15) is 18.9 Å². The molecule has 0 N–H and O–H groups in total. The van der Waals surface area contributed by atoms with Gasteiger partial charge < -0.3 is 4.90 Å². The topological polar surface area (TPSA) is 20.3 Å². The van der Waals surface area contributed by atoms with Crippen LogP contribution in [0.25, 0.3) is 0 Å². The van der Waals surface area contributed by atoms with Crippen molar-refractivity contribution in [1.82, 2.24) is 4.90 Å². The molecule has 1 aromatic rings. The standard InChI is InChI=1S/C14H17F2NO/c1-10-9-17(5-3-14(10)18)4-2-11-6-12(15)8-13(16)7-11/h6-8,10H,2-5,9H2,1H3. The van der Waals surface area contributed by atoms with Crippen molar-refractivity contribution in [2.24, 2.45) is 5.92 Å². The van der Waals surface area contributed by atoms with E-state index in [-0.39, 0.29) is 5.92 Å². The number of nitrogens with zero attached hydrogens (tertiary/aromatic N) is 1. The second kappa shape index (κ2) is 5.57. The summed E-state index contributed by atoms with van der Waals surface area (Å²) in [5.41, 5.74) is 0.664. The molecule has 4 heteroatoms. The van der Waals surface area contributed by atoms with Crippen LogP contribution in [-0.2, 0) is 11.2 Å². The van der Waals surface area contributed by atoms with E-state index in [0.29, 0.717) is 24.2 Å². The molecule has 1 aliphatic heterocycles. The Morgan fingerprint density at radius 3 is 2.56 bits per heavy atom. The fraction of sp³-hybridized carbons (Fsp3) is 0.500. The van der Waals surface area contributed by atoms with Crippen LogP contribution in [-0.4, -0.2) is 30.3 Å².